The van der Waals surface area contributed by atoms with Crippen molar-refractivity contribution in [2.45, 2.75) is 63.2 Å². The van der Waals surface area contributed by atoms with Gasteiger partial charge in [-0.3, -0.25) is 0 Å². The molecule has 0 spiro atoms. The van der Waals surface area contributed by atoms with Gasteiger partial charge < -0.3 is 4.90 Å². The number of aryl methyl sites for hydroxylation is 1. The Labute approximate surface area is 195 Å². The van der Waals surface area contributed by atoms with Gasteiger partial charge in [-0.25, -0.2) is 13.4 Å². The topological polar surface area (TPSA) is 83.7 Å². The number of rotatable bonds is 5. The third-order valence-corrected chi connectivity index (χ3v) is 9.28. The van der Waals surface area contributed by atoms with E-state index in [1.807, 2.05) is 16.6 Å². The van der Waals surface area contributed by atoms with E-state index in [-0.39, 0.29) is 5.41 Å². The van der Waals surface area contributed by atoms with Crippen LogP contribution < -0.4 is 4.90 Å². The number of benzene rings is 1. The molecule has 33 heavy (non-hydrogen) atoms. The normalized spacial score (nSPS) is 18.0. The van der Waals surface area contributed by atoms with Crippen molar-refractivity contribution in [3.63, 3.8) is 0 Å². The quantitative estimate of drug-likeness (QED) is 0.572. The summed E-state index contributed by atoms with van der Waals surface area (Å²) in [6.07, 6.45) is 6.77. The third-order valence-electron chi connectivity index (χ3n) is 7.37. The van der Waals surface area contributed by atoms with Gasteiger partial charge in [-0.05, 0) is 55.2 Å². The number of hydrogen-bond donors (Lipinski definition) is 0. The monoisotopic (exact) mass is 468 g/mol. The second kappa shape index (κ2) is 8.36. The first-order chi connectivity index (χ1) is 15.8. The fourth-order valence-electron chi connectivity index (χ4n) is 4.86. The summed E-state index contributed by atoms with van der Waals surface area (Å²) < 4.78 is 30.1. The summed E-state index contributed by atoms with van der Waals surface area (Å²) in [6.45, 7) is 8.63. The van der Waals surface area contributed by atoms with E-state index in [0.29, 0.717) is 36.9 Å². The first-order valence-electron chi connectivity index (χ1n) is 11.9. The zero-order chi connectivity index (χ0) is 23.2. The van der Waals surface area contributed by atoms with Crippen molar-refractivity contribution in [2.75, 3.05) is 31.1 Å². The maximum atomic E-state index is 13.3. The van der Waals surface area contributed by atoms with Gasteiger partial charge in [-0.2, -0.15) is 18.9 Å². The Hall–Kier alpha value is -2.52. The maximum Gasteiger partial charge on any atom is 0.254 e. The van der Waals surface area contributed by atoms with E-state index in [0.717, 1.165) is 49.2 Å². The summed E-state index contributed by atoms with van der Waals surface area (Å²) in [7, 11) is -3.53. The molecule has 1 aromatic carbocycles. The van der Waals surface area contributed by atoms with Gasteiger partial charge in [0.2, 0.25) is 10.0 Å². The van der Waals surface area contributed by atoms with E-state index in [1.54, 1.807) is 22.8 Å². The van der Waals surface area contributed by atoms with Crippen molar-refractivity contribution in [1.82, 2.24) is 23.9 Å². The van der Waals surface area contributed by atoms with E-state index >= 15 is 0 Å². The van der Waals surface area contributed by atoms with Gasteiger partial charge in [0.1, 0.15) is 12.1 Å². The van der Waals surface area contributed by atoms with Gasteiger partial charge in [0, 0.05) is 31.7 Å². The summed E-state index contributed by atoms with van der Waals surface area (Å²) in [5.41, 5.74) is 3.55. The number of aromatic nitrogens is 4. The van der Waals surface area contributed by atoms with Crippen LogP contribution in [0.4, 0.5) is 5.82 Å². The van der Waals surface area contributed by atoms with Crippen LogP contribution in [0.1, 0.15) is 56.9 Å². The molecule has 0 amide bonds. The van der Waals surface area contributed by atoms with Crippen molar-refractivity contribution in [2.24, 2.45) is 0 Å². The second-order valence-electron chi connectivity index (χ2n) is 9.69. The molecule has 0 saturated carbocycles. The molecule has 0 radical (unpaired) electrons. The van der Waals surface area contributed by atoms with Gasteiger partial charge in [-0.1, -0.05) is 32.9 Å². The summed E-state index contributed by atoms with van der Waals surface area (Å²) in [5, 5.41) is 4.42. The fourth-order valence-corrected chi connectivity index (χ4v) is 6.28. The van der Waals surface area contributed by atoms with Crippen LogP contribution in [0, 0.1) is 0 Å². The molecule has 176 valence electrons. The fraction of sp³-hybridized carbons (Fsp3) is 0.542. The molecule has 3 aromatic rings. The first-order valence-corrected chi connectivity index (χ1v) is 13.3. The Balaban J connectivity index is 1.37. The highest BCUT2D eigenvalue weighted by Gasteiger charge is 2.32. The standard InChI is InChI=1S/C24H32N6O2S/c1-4-24(2,3)18-9-11-19(12-10-18)33(31,32)29-15-13-28(14-16-29)22-20-7-5-6-8-21(20)27-23-25-17-26-30(22)23/h9-12,17H,4-8,13-16H2,1-3H3. The van der Waals surface area contributed by atoms with Crippen LogP contribution in [0.2, 0.25) is 0 Å². The van der Waals surface area contributed by atoms with Gasteiger partial charge in [0.15, 0.2) is 0 Å². The molecule has 1 aliphatic carbocycles. The first kappa shape index (κ1) is 22.3. The molecule has 0 bridgehead atoms. The SMILES string of the molecule is CCC(C)(C)c1ccc(S(=O)(=O)N2CCN(c3c4c(nc5ncnn35)CCCC4)CC2)cc1. The zero-order valence-corrected chi connectivity index (χ0v) is 20.5. The van der Waals surface area contributed by atoms with E-state index in [1.165, 1.54) is 5.56 Å². The Morgan fingerprint density at radius 2 is 1.70 bits per heavy atom. The smallest absolute Gasteiger partial charge is 0.254 e. The van der Waals surface area contributed by atoms with Crippen LogP contribution in [0.25, 0.3) is 5.78 Å². The Bertz CT molecular complexity index is 1260. The van der Waals surface area contributed by atoms with Crippen molar-refractivity contribution in [1.29, 1.82) is 0 Å². The molecule has 9 heteroatoms. The molecule has 1 aliphatic heterocycles. The Kier molecular flexibility index (Phi) is 5.64. The van der Waals surface area contributed by atoms with E-state index in [4.69, 9.17) is 4.98 Å². The Morgan fingerprint density at radius 3 is 2.39 bits per heavy atom. The number of nitrogens with zero attached hydrogens (tertiary/aromatic N) is 6. The lowest BCUT2D eigenvalue weighted by molar-refractivity contribution is 0.382. The number of hydrogen-bond acceptors (Lipinski definition) is 6. The molecule has 1 fully saturated rings. The van der Waals surface area contributed by atoms with Gasteiger partial charge in [0.25, 0.3) is 5.78 Å². The highest BCUT2D eigenvalue weighted by atomic mass is 32.2. The predicted octanol–water partition coefficient (Wildman–Crippen LogP) is 3.20. The average Bonchev–Trinajstić information content (AvgIpc) is 3.30. The van der Waals surface area contributed by atoms with Crippen molar-refractivity contribution in [3.8, 4) is 0 Å². The minimum Gasteiger partial charge on any atom is -0.354 e. The lowest BCUT2D eigenvalue weighted by Crippen LogP contribution is -2.49. The van der Waals surface area contributed by atoms with E-state index < -0.39 is 10.0 Å². The summed E-state index contributed by atoms with van der Waals surface area (Å²) >= 11 is 0. The molecule has 2 aromatic heterocycles. The molecule has 0 unspecified atom stereocenters. The maximum absolute atomic E-state index is 13.3. The van der Waals surface area contributed by atoms with E-state index in [2.05, 4.69) is 35.8 Å². The molecule has 8 nitrogen and oxygen atoms in total. The molecule has 0 N–H and O–H groups in total. The average molecular weight is 469 g/mol. The van der Waals surface area contributed by atoms with Crippen LogP contribution in [-0.2, 0) is 28.3 Å². The number of sulfonamides is 1. The van der Waals surface area contributed by atoms with Crippen LogP contribution in [-0.4, -0.2) is 58.5 Å². The van der Waals surface area contributed by atoms with Crippen molar-refractivity contribution < 1.29 is 8.42 Å². The van der Waals surface area contributed by atoms with E-state index in [9.17, 15) is 8.42 Å². The molecular formula is C24H32N6O2S. The summed E-state index contributed by atoms with van der Waals surface area (Å²) in [5.74, 6) is 1.66. The number of piperazine rings is 1. The predicted molar refractivity (Wildman–Crippen MR) is 128 cm³/mol. The third kappa shape index (κ3) is 3.91. The molecular weight excluding hydrogens is 436 g/mol. The Morgan fingerprint density at radius 1 is 1.00 bits per heavy atom. The lowest BCUT2D eigenvalue weighted by atomic mass is 9.82. The summed E-state index contributed by atoms with van der Waals surface area (Å²) in [6, 6.07) is 7.42. The number of anilines is 1. The largest absolute Gasteiger partial charge is 0.354 e. The highest BCUT2D eigenvalue weighted by molar-refractivity contribution is 7.89. The zero-order valence-electron chi connectivity index (χ0n) is 19.7. The van der Waals surface area contributed by atoms with Crippen molar-refractivity contribution in [3.05, 3.63) is 47.4 Å². The molecule has 2 aliphatic rings. The summed E-state index contributed by atoms with van der Waals surface area (Å²) in [4.78, 5) is 11.6. The van der Waals surface area contributed by atoms with Gasteiger partial charge >= 0.3 is 0 Å². The highest BCUT2D eigenvalue weighted by Crippen LogP contribution is 2.32. The van der Waals surface area contributed by atoms with Crippen LogP contribution >= 0.6 is 0 Å². The second-order valence-corrected chi connectivity index (χ2v) is 11.6. The molecule has 1 saturated heterocycles. The molecule has 3 heterocycles. The molecule has 5 rings (SSSR count). The van der Waals surface area contributed by atoms with Gasteiger partial charge in [-0.15, -0.1) is 0 Å². The van der Waals surface area contributed by atoms with Crippen LogP contribution in [0.3, 0.4) is 0 Å². The number of fused-ring (bicyclic) bond motifs is 2. The van der Waals surface area contributed by atoms with Crippen LogP contribution in [0.15, 0.2) is 35.5 Å². The van der Waals surface area contributed by atoms with Gasteiger partial charge in [0.05, 0.1) is 10.6 Å². The minimum absolute atomic E-state index is 0.0320. The lowest BCUT2D eigenvalue weighted by Gasteiger charge is -2.36. The van der Waals surface area contributed by atoms with Crippen LogP contribution in [0.5, 0.6) is 0 Å². The minimum atomic E-state index is -3.53. The van der Waals surface area contributed by atoms with Crippen molar-refractivity contribution >= 4 is 21.6 Å². The molecule has 0 atom stereocenters.